The Morgan fingerprint density at radius 2 is 2.00 bits per heavy atom. The van der Waals surface area contributed by atoms with Gasteiger partial charge in [-0.2, -0.15) is 0 Å². The van der Waals surface area contributed by atoms with Gasteiger partial charge in [0, 0.05) is 6.04 Å². The molecule has 1 aromatic carbocycles. The number of benzene rings is 1. The highest BCUT2D eigenvalue weighted by atomic mass is 14.9. The summed E-state index contributed by atoms with van der Waals surface area (Å²) in [6.07, 6.45) is 8.08. The molecule has 2 rings (SSSR count). The normalized spacial score (nSPS) is 24.8. The summed E-state index contributed by atoms with van der Waals surface area (Å²) in [5.74, 6) is 0.926. The fourth-order valence-corrected chi connectivity index (χ4v) is 2.86. The first-order chi connectivity index (χ1) is 8.34. The van der Waals surface area contributed by atoms with Crippen LogP contribution in [0.2, 0.25) is 0 Å². The molecule has 1 saturated carbocycles. The van der Waals surface area contributed by atoms with E-state index in [0.717, 1.165) is 12.0 Å². The molecule has 0 bridgehead atoms. The first-order valence-corrected chi connectivity index (χ1v) is 7.12. The number of hydrogen-bond acceptors (Lipinski definition) is 1. The van der Waals surface area contributed by atoms with Crippen LogP contribution in [0.15, 0.2) is 30.3 Å². The van der Waals surface area contributed by atoms with Gasteiger partial charge in [0.25, 0.3) is 0 Å². The third-order valence-electron chi connectivity index (χ3n) is 3.85. The predicted octanol–water partition coefficient (Wildman–Crippen LogP) is 3.79. The molecule has 1 fully saturated rings. The molecular formula is C16H25N. The van der Waals surface area contributed by atoms with Crippen molar-refractivity contribution in [1.82, 2.24) is 5.32 Å². The van der Waals surface area contributed by atoms with Crippen LogP contribution in [0.3, 0.4) is 0 Å². The maximum atomic E-state index is 3.72. The van der Waals surface area contributed by atoms with Gasteiger partial charge in [-0.3, -0.25) is 0 Å². The van der Waals surface area contributed by atoms with Crippen LogP contribution in [0.25, 0.3) is 0 Å². The molecule has 0 radical (unpaired) electrons. The standard InChI is InChI=1S/C16H25N/c1-14-7-5-11-16(13-14)17-12-6-10-15-8-3-2-4-9-15/h2-4,8-9,14,16-17H,5-7,10-13H2,1H3. The van der Waals surface area contributed by atoms with E-state index in [9.17, 15) is 0 Å². The maximum Gasteiger partial charge on any atom is 0.00696 e. The topological polar surface area (TPSA) is 12.0 Å². The van der Waals surface area contributed by atoms with Gasteiger partial charge in [0.1, 0.15) is 0 Å². The lowest BCUT2D eigenvalue weighted by molar-refractivity contribution is 0.301. The first kappa shape index (κ1) is 12.6. The van der Waals surface area contributed by atoms with Gasteiger partial charge in [-0.15, -0.1) is 0 Å². The summed E-state index contributed by atoms with van der Waals surface area (Å²) in [6.45, 7) is 3.56. The fraction of sp³-hybridized carbons (Fsp3) is 0.625. The van der Waals surface area contributed by atoms with Gasteiger partial charge in [-0.1, -0.05) is 50.1 Å². The Kier molecular flexibility index (Phi) is 5.06. The number of hydrogen-bond donors (Lipinski definition) is 1. The van der Waals surface area contributed by atoms with E-state index < -0.39 is 0 Å². The molecule has 1 aliphatic carbocycles. The van der Waals surface area contributed by atoms with Gasteiger partial charge in [-0.25, -0.2) is 0 Å². The average Bonchev–Trinajstić information content (AvgIpc) is 2.36. The van der Waals surface area contributed by atoms with Crippen molar-refractivity contribution in [2.75, 3.05) is 6.54 Å². The average molecular weight is 231 g/mol. The molecule has 2 unspecified atom stereocenters. The second kappa shape index (κ2) is 6.80. The summed E-state index contributed by atoms with van der Waals surface area (Å²) in [7, 11) is 0. The lowest BCUT2D eigenvalue weighted by Crippen LogP contribution is -2.34. The molecular weight excluding hydrogens is 206 g/mol. The smallest absolute Gasteiger partial charge is 0.00696 e. The second-order valence-electron chi connectivity index (χ2n) is 5.51. The van der Waals surface area contributed by atoms with E-state index in [4.69, 9.17) is 0 Å². The lowest BCUT2D eigenvalue weighted by atomic mass is 9.87. The van der Waals surface area contributed by atoms with Gasteiger partial charge in [0.05, 0.1) is 0 Å². The van der Waals surface area contributed by atoms with Crippen LogP contribution in [0, 0.1) is 5.92 Å². The Bertz CT molecular complexity index is 307. The molecule has 0 saturated heterocycles. The molecule has 1 aliphatic rings. The minimum Gasteiger partial charge on any atom is -0.314 e. The molecule has 94 valence electrons. The van der Waals surface area contributed by atoms with E-state index in [1.807, 2.05) is 0 Å². The van der Waals surface area contributed by atoms with Gasteiger partial charge >= 0.3 is 0 Å². The SMILES string of the molecule is CC1CCCC(NCCCc2ccccc2)C1. The Morgan fingerprint density at radius 1 is 1.18 bits per heavy atom. The Labute approximate surface area is 106 Å². The fourth-order valence-electron chi connectivity index (χ4n) is 2.86. The molecule has 0 amide bonds. The van der Waals surface area contributed by atoms with E-state index in [1.165, 1.54) is 50.6 Å². The van der Waals surface area contributed by atoms with Crippen molar-refractivity contribution in [2.24, 2.45) is 5.92 Å². The molecule has 1 heteroatoms. The molecule has 0 heterocycles. The number of nitrogens with one attached hydrogen (secondary N) is 1. The molecule has 2 atom stereocenters. The van der Waals surface area contributed by atoms with E-state index in [1.54, 1.807) is 0 Å². The summed E-state index contributed by atoms with van der Waals surface area (Å²) < 4.78 is 0. The van der Waals surface area contributed by atoms with Crippen LogP contribution in [0.5, 0.6) is 0 Å². The van der Waals surface area contributed by atoms with Crippen molar-refractivity contribution in [1.29, 1.82) is 0 Å². The summed E-state index contributed by atoms with van der Waals surface area (Å²) in [5, 5.41) is 3.72. The number of aryl methyl sites for hydroxylation is 1. The van der Waals surface area contributed by atoms with Gasteiger partial charge < -0.3 is 5.32 Å². The molecule has 1 nitrogen and oxygen atoms in total. The largest absolute Gasteiger partial charge is 0.314 e. The van der Waals surface area contributed by atoms with Crippen LogP contribution < -0.4 is 5.32 Å². The molecule has 0 spiro atoms. The van der Waals surface area contributed by atoms with E-state index in [0.29, 0.717) is 0 Å². The van der Waals surface area contributed by atoms with Gasteiger partial charge in [0.2, 0.25) is 0 Å². The Balaban J connectivity index is 1.60. The minimum absolute atomic E-state index is 0.787. The molecule has 17 heavy (non-hydrogen) atoms. The second-order valence-corrected chi connectivity index (χ2v) is 5.51. The van der Waals surface area contributed by atoms with Crippen LogP contribution in [0.1, 0.15) is 44.6 Å². The Morgan fingerprint density at radius 3 is 2.76 bits per heavy atom. The zero-order valence-corrected chi connectivity index (χ0v) is 11.0. The third-order valence-corrected chi connectivity index (χ3v) is 3.85. The zero-order valence-electron chi connectivity index (χ0n) is 11.0. The van der Waals surface area contributed by atoms with Crippen molar-refractivity contribution in [3.05, 3.63) is 35.9 Å². The quantitative estimate of drug-likeness (QED) is 0.760. The maximum absolute atomic E-state index is 3.72. The summed E-state index contributed by atoms with van der Waals surface area (Å²) in [5.41, 5.74) is 1.46. The van der Waals surface area contributed by atoms with Crippen molar-refractivity contribution in [3.8, 4) is 0 Å². The van der Waals surface area contributed by atoms with Crippen molar-refractivity contribution in [3.63, 3.8) is 0 Å². The Hall–Kier alpha value is -0.820. The molecule has 0 aromatic heterocycles. The number of rotatable bonds is 5. The van der Waals surface area contributed by atoms with Crippen LogP contribution in [-0.2, 0) is 6.42 Å². The summed E-state index contributed by atoms with van der Waals surface area (Å²) >= 11 is 0. The van der Waals surface area contributed by atoms with E-state index >= 15 is 0 Å². The first-order valence-electron chi connectivity index (χ1n) is 7.12. The highest BCUT2D eigenvalue weighted by Crippen LogP contribution is 2.23. The summed E-state index contributed by atoms with van der Waals surface area (Å²) in [6, 6.07) is 11.6. The van der Waals surface area contributed by atoms with Crippen LogP contribution >= 0.6 is 0 Å². The van der Waals surface area contributed by atoms with Crippen molar-refractivity contribution >= 4 is 0 Å². The van der Waals surface area contributed by atoms with Crippen LogP contribution in [-0.4, -0.2) is 12.6 Å². The van der Waals surface area contributed by atoms with Gasteiger partial charge in [0.15, 0.2) is 0 Å². The minimum atomic E-state index is 0.787. The van der Waals surface area contributed by atoms with Gasteiger partial charge in [-0.05, 0) is 43.7 Å². The zero-order chi connectivity index (χ0) is 11.9. The van der Waals surface area contributed by atoms with E-state index in [-0.39, 0.29) is 0 Å². The monoisotopic (exact) mass is 231 g/mol. The van der Waals surface area contributed by atoms with Crippen molar-refractivity contribution in [2.45, 2.75) is 51.5 Å². The molecule has 1 N–H and O–H groups in total. The molecule has 1 aromatic rings. The van der Waals surface area contributed by atoms with Crippen LogP contribution in [0.4, 0.5) is 0 Å². The highest BCUT2D eigenvalue weighted by molar-refractivity contribution is 5.14. The lowest BCUT2D eigenvalue weighted by Gasteiger charge is -2.27. The molecule has 0 aliphatic heterocycles. The summed E-state index contributed by atoms with van der Waals surface area (Å²) in [4.78, 5) is 0. The van der Waals surface area contributed by atoms with Crippen molar-refractivity contribution < 1.29 is 0 Å². The highest BCUT2D eigenvalue weighted by Gasteiger charge is 2.17. The van der Waals surface area contributed by atoms with E-state index in [2.05, 4.69) is 42.6 Å². The third kappa shape index (κ3) is 4.51. The predicted molar refractivity (Wildman–Crippen MR) is 74.2 cm³/mol.